The lowest BCUT2D eigenvalue weighted by Gasteiger charge is -2.34. The molecule has 0 saturated heterocycles. The Bertz CT molecular complexity index is 2800. The second-order valence-corrected chi connectivity index (χ2v) is 14.1. The first-order valence-electron chi connectivity index (χ1n) is 18.5. The first-order valence-corrected chi connectivity index (χ1v) is 18.5. The molecule has 256 valence electrons. The third-order valence-corrected chi connectivity index (χ3v) is 11.2. The second-order valence-electron chi connectivity index (χ2n) is 14.1. The average Bonchev–Trinajstić information content (AvgIpc) is 3.72. The molecule has 1 heterocycles. The maximum Gasteiger partial charge on any atom is 0.115 e. The van der Waals surface area contributed by atoms with E-state index < -0.39 is 5.41 Å². The van der Waals surface area contributed by atoms with Crippen molar-refractivity contribution in [3.05, 3.63) is 234 Å². The number of nitrogens with two attached hydrogens (primary N) is 1. The van der Waals surface area contributed by atoms with E-state index in [1.54, 1.807) is 0 Å². The number of hydrogen-bond donors (Lipinski definition) is 1. The van der Waals surface area contributed by atoms with Crippen LogP contribution in [0.1, 0.15) is 33.4 Å². The van der Waals surface area contributed by atoms with Crippen LogP contribution in [-0.4, -0.2) is 10.3 Å². The van der Waals surface area contributed by atoms with Crippen LogP contribution < -0.4 is 5.73 Å². The van der Waals surface area contributed by atoms with Crippen molar-refractivity contribution in [1.82, 2.24) is 4.57 Å². The molecule has 0 fully saturated rings. The van der Waals surface area contributed by atoms with Crippen LogP contribution in [0.2, 0.25) is 0 Å². The molecule has 8 aromatic carbocycles. The fourth-order valence-electron chi connectivity index (χ4n) is 8.79. The normalized spacial score (nSPS) is 13.2. The van der Waals surface area contributed by atoms with Gasteiger partial charge in [0.25, 0.3) is 0 Å². The highest BCUT2D eigenvalue weighted by atomic mass is 15.1. The van der Waals surface area contributed by atoms with Gasteiger partial charge in [-0.05, 0) is 68.8 Å². The molecule has 10 rings (SSSR count). The molecule has 1 aliphatic carbocycles. The Morgan fingerprint density at radius 2 is 1.07 bits per heavy atom. The van der Waals surface area contributed by atoms with Crippen LogP contribution in [-0.2, 0) is 12.1 Å². The smallest absolute Gasteiger partial charge is 0.115 e. The number of aromatic nitrogens is 1. The standard InChI is InChI=1S/C51H37N3/c52-47-31-28-37(35-16-4-1-5-17-35)32-44(47)50(36-18-6-2-7-19-36)53-34-54-48-27-15-12-24-42(48)43-30-29-39(33-49(43)54)51(38-20-8-3-9-21-38)45-25-13-10-22-40(45)41-23-11-14-26-46(41)51/h1-33H,34,52H2/b53-50-. The Morgan fingerprint density at radius 1 is 0.481 bits per heavy atom. The molecule has 9 aromatic rings. The zero-order valence-corrected chi connectivity index (χ0v) is 29.7. The molecule has 0 unspecified atom stereocenters. The van der Waals surface area contributed by atoms with E-state index in [0.717, 1.165) is 39.0 Å². The van der Waals surface area contributed by atoms with Gasteiger partial charge in [0, 0.05) is 27.6 Å². The number of benzene rings is 8. The summed E-state index contributed by atoms with van der Waals surface area (Å²) >= 11 is 0. The summed E-state index contributed by atoms with van der Waals surface area (Å²) in [6.45, 7) is 0.415. The number of rotatable bonds is 7. The SMILES string of the molecule is Nc1ccc(-c2ccccc2)cc1/C(=N\Cn1c2ccccc2c2ccc(C3(c4ccccc4)c4ccccc4-c4ccccc43)cc21)c1ccccc1. The molecule has 54 heavy (non-hydrogen) atoms. The monoisotopic (exact) mass is 691 g/mol. The van der Waals surface area contributed by atoms with Crippen molar-refractivity contribution in [2.24, 2.45) is 4.99 Å². The molecule has 0 amide bonds. The number of para-hydroxylation sites is 1. The molecule has 0 bridgehead atoms. The van der Waals surface area contributed by atoms with Gasteiger partial charge in [-0.1, -0.05) is 176 Å². The molecule has 1 aliphatic rings. The molecule has 2 N–H and O–H groups in total. The van der Waals surface area contributed by atoms with E-state index in [1.165, 1.54) is 44.2 Å². The lowest BCUT2D eigenvalue weighted by Crippen LogP contribution is -2.28. The number of nitrogens with zero attached hydrogens (tertiary/aromatic N) is 2. The van der Waals surface area contributed by atoms with Crippen LogP contribution in [0.25, 0.3) is 44.1 Å². The third-order valence-electron chi connectivity index (χ3n) is 11.2. The Kier molecular flexibility index (Phi) is 7.59. The topological polar surface area (TPSA) is 43.3 Å². The van der Waals surface area contributed by atoms with Crippen LogP contribution in [0.5, 0.6) is 0 Å². The predicted octanol–water partition coefficient (Wildman–Crippen LogP) is 11.9. The van der Waals surface area contributed by atoms with E-state index >= 15 is 0 Å². The number of anilines is 1. The highest BCUT2D eigenvalue weighted by Crippen LogP contribution is 2.56. The van der Waals surface area contributed by atoms with Gasteiger partial charge in [0.1, 0.15) is 6.67 Å². The molecular formula is C51H37N3. The lowest BCUT2D eigenvalue weighted by atomic mass is 9.67. The Hall–Kier alpha value is -6.97. The van der Waals surface area contributed by atoms with Gasteiger partial charge in [0.15, 0.2) is 0 Å². The summed E-state index contributed by atoms with van der Waals surface area (Å²) in [4.78, 5) is 5.48. The Morgan fingerprint density at radius 3 is 1.80 bits per heavy atom. The maximum atomic E-state index is 6.79. The van der Waals surface area contributed by atoms with E-state index in [-0.39, 0.29) is 0 Å². The van der Waals surface area contributed by atoms with Crippen molar-refractivity contribution in [3.63, 3.8) is 0 Å². The van der Waals surface area contributed by atoms with Crippen molar-refractivity contribution in [2.75, 3.05) is 5.73 Å². The second kappa shape index (κ2) is 12.9. The Balaban J connectivity index is 1.20. The molecule has 0 saturated carbocycles. The molecule has 3 heteroatoms. The van der Waals surface area contributed by atoms with Crippen LogP contribution in [0.4, 0.5) is 5.69 Å². The summed E-state index contributed by atoms with van der Waals surface area (Å²) in [7, 11) is 0. The summed E-state index contributed by atoms with van der Waals surface area (Å²) < 4.78 is 2.37. The van der Waals surface area contributed by atoms with Gasteiger partial charge in [-0.2, -0.15) is 0 Å². The van der Waals surface area contributed by atoms with Gasteiger partial charge in [0.05, 0.1) is 22.2 Å². The van der Waals surface area contributed by atoms with E-state index in [0.29, 0.717) is 12.4 Å². The van der Waals surface area contributed by atoms with Gasteiger partial charge in [-0.25, -0.2) is 0 Å². The summed E-state index contributed by atoms with van der Waals surface area (Å²) in [5.74, 6) is 0. The zero-order chi connectivity index (χ0) is 36.1. The lowest BCUT2D eigenvalue weighted by molar-refractivity contribution is 0.763. The zero-order valence-electron chi connectivity index (χ0n) is 29.7. The fourth-order valence-corrected chi connectivity index (χ4v) is 8.79. The maximum absolute atomic E-state index is 6.79. The first-order chi connectivity index (χ1) is 26.7. The van der Waals surface area contributed by atoms with Crippen LogP contribution in [0, 0.1) is 0 Å². The van der Waals surface area contributed by atoms with Gasteiger partial charge in [-0.3, -0.25) is 4.99 Å². The van der Waals surface area contributed by atoms with Crippen LogP contribution in [0.15, 0.2) is 205 Å². The molecule has 0 radical (unpaired) electrons. The van der Waals surface area contributed by atoms with E-state index in [1.807, 2.05) is 18.2 Å². The summed E-state index contributed by atoms with van der Waals surface area (Å²) in [5.41, 5.74) is 22.0. The number of nitrogen functional groups attached to an aromatic ring is 1. The Labute approximate surface area is 315 Å². The molecule has 3 nitrogen and oxygen atoms in total. The van der Waals surface area contributed by atoms with Crippen LogP contribution >= 0.6 is 0 Å². The first kappa shape index (κ1) is 31.7. The van der Waals surface area contributed by atoms with Crippen molar-refractivity contribution in [3.8, 4) is 22.3 Å². The highest BCUT2D eigenvalue weighted by molar-refractivity contribution is 6.16. The van der Waals surface area contributed by atoms with Crippen molar-refractivity contribution >= 4 is 33.2 Å². The number of fused-ring (bicyclic) bond motifs is 6. The van der Waals surface area contributed by atoms with Gasteiger partial charge in [0.2, 0.25) is 0 Å². The summed E-state index contributed by atoms with van der Waals surface area (Å²) in [6.07, 6.45) is 0. The van der Waals surface area contributed by atoms with Gasteiger partial charge >= 0.3 is 0 Å². The van der Waals surface area contributed by atoms with E-state index in [2.05, 4.69) is 187 Å². The predicted molar refractivity (Wildman–Crippen MR) is 225 cm³/mol. The molecular weight excluding hydrogens is 655 g/mol. The molecule has 0 atom stereocenters. The minimum Gasteiger partial charge on any atom is -0.398 e. The largest absolute Gasteiger partial charge is 0.398 e. The minimum absolute atomic E-state index is 0.415. The van der Waals surface area contributed by atoms with Crippen molar-refractivity contribution in [2.45, 2.75) is 12.1 Å². The van der Waals surface area contributed by atoms with Gasteiger partial charge in [-0.15, -0.1) is 0 Å². The summed E-state index contributed by atoms with van der Waals surface area (Å²) in [6, 6.07) is 71.7. The van der Waals surface area contributed by atoms with E-state index in [9.17, 15) is 0 Å². The van der Waals surface area contributed by atoms with Gasteiger partial charge < -0.3 is 10.3 Å². The quantitative estimate of drug-likeness (QED) is 0.131. The highest BCUT2D eigenvalue weighted by Gasteiger charge is 2.46. The fraction of sp³-hybridized carbons (Fsp3) is 0.0392. The number of hydrogen-bond acceptors (Lipinski definition) is 2. The molecule has 1 aromatic heterocycles. The molecule has 0 spiro atoms. The van der Waals surface area contributed by atoms with E-state index in [4.69, 9.17) is 10.7 Å². The molecule has 0 aliphatic heterocycles. The van der Waals surface area contributed by atoms with Crippen molar-refractivity contribution in [1.29, 1.82) is 0 Å². The summed E-state index contributed by atoms with van der Waals surface area (Å²) in [5, 5.41) is 2.42. The minimum atomic E-state index is -0.491. The average molecular weight is 692 g/mol. The van der Waals surface area contributed by atoms with Crippen LogP contribution in [0.3, 0.4) is 0 Å². The third kappa shape index (κ3) is 4.93. The van der Waals surface area contributed by atoms with Crippen molar-refractivity contribution < 1.29 is 0 Å². The number of aliphatic imine (C=N–C) groups is 1.